The van der Waals surface area contributed by atoms with Crippen LogP contribution >= 0.6 is 0 Å². The molecule has 0 aliphatic rings. The first-order valence-electron chi connectivity index (χ1n) is 14.2. The largest absolute Gasteiger partial charge is 0.519 e. The van der Waals surface area contributed by atoms with Crippen LogP contribution in [0.2, 0.25) is 0 Å². The predicted molar refractivity (Wildman–Crippen MR) is 152 cm³/mol. The van der Waals surface area contributed by atoms with Gasteiger partial charge in [-0.05, 0) is 66.9 Å². The molecule has 0 aliphatic carbocycles. The zero-order valence-electron chi connectivity index (χ0n) is 24.8. The minimum Gasteiger partial charge on any atom is -0.373 e. The van der Waals surface area contributed by atoms with Crippen molar-refractivity contribution >= 4 is 17.6 Å². The van der Waals surface area contributed by atoms with E-state index in [0.717, 1.165) is 18.4 Å². The van der Waals surface area contributed by atoms with Gasteiger partial charge in [0.25, 0.3) is 0 Å². The second-order valence-electron chi connectivity index (χ2n) is 8.32. The summed E-state index contributed by atoms with van der Waals surface area (Å²) >= 11 is 0. The van der Waals surface area contributed by atoms with Gasteiger partial charge in [-0.1, -0.05) is 44.2 Å². The number of benzene rings is 1. The van der Waals surface area contributed by atoms with Gasteiger partial charge in [0.2, 0.25) is 0 Å². The van der Waals surface area contributed by atoms with E-state index in [-0.39, 0.29) is 11.3 Å². The highest BCUT2D eigenvalue weighted by Gasteiger charge is 2.60. The van der Waals surface area contributed by atoms with Crippen molar-refractivity contribution in [1.82, 2.24) is 4.90 Å². The first kappa shape index (κ1) is 34.4. The van der Waals surface area contributed by atoms with Crippen LogP contribution in [0.5, 0.6) is 0 Å². The van der Waals surface area contributed by atoms with E-state index in [1.807, 2.05) is 66.7 Å². The Hall–Kier alpha value is -0.666. The molecule has 0 N–H and O–H groups in total. The number of hydrogen-bond donors (Lipinski definition) is 0. The van der Waals surface area contributed by atoms with Crippen LogP contribution in [0.25, 0.3) is 0 Å². The fourth-order valence-electron chi connectivity index (χ4n) is 5.00. The van der Waals surface area contributed by atoms with E-state index in [0.29, 0.717) is 46.2 Å². The van der Waals surface area contributed by atoms with Gasteiger partial charge in [0, 0.05) is 46.2 Å². The molecule has 216 valence electrons. The number of rotatable bonds is 22. The van der Waals surface area contributed by atoms with E-state index in [2.05, 4.69) is 30.9 Å². The summed E-state index contributed by atoms with van der Waals surface area (Å²) in [6, 6.07) is 10.3. The number of ether oxygens (including phenoxy) is 1. The Morgan fingerprint density at radius 1 is 0.541 bits per heavy atom. The van der Waals surface area contributed by atoms with Gasteiger partial charge >= 0.3 is 17.6 Å². The molecule has 0 heterocycles. The summed E-state index contributed by atoms with van der Waals surface area (Å²) in [6.07, 6.45) is 1.06. The van der Waals surface area contributed by atoms with Gasteiger partial charge in [-0.3, -0.25) is 4.90 Å². The molecule has 3 atom stereocenters. The van der Waals surface area contributed by atoms with Crippen LogP contribution in [-0.2, 0) is 31.3 Å². The maximum absolute atomic E-state index is 6.55. The zero-order valence-corrected chi connectivity index (χ0v) is 26.8. The summed E-state index contributed by atoms with van der Waals surface area (Å²) in [4.78, 5) is 2.36. The van der Waals surface area contributed by atoms with Crippen LogP contribution in [0, 0.1) is 0 Å². The van der Waals surface area contributed by atoms with E-state index in [9.17, 15) is 0 Å². The Kier molecular flexibility index (Phi) is 17.3. The fourth-order valence-corrected chi connectivity index (χ4v) is 11.6. The molecule has 3 unspecified atom stereocenters. The van der Waals surface area contributed by atoms with Crippen molar-refractivity contribution in [2.75, 3.05) is 46.2 Å². The molecule has 0 aliphatic heterocycles. The third-order valence-corrected chi connectivity index (χ3v) is 13.3. The predicted octanol–water partition coefficient (Wildman–Crippen LogP) is 5.76. The lowest BCUT2D eigenvalue weighted by Crippen LogP contribution is -2.71. The topological polar surface area (TPSA) is 67.9 Å². The molecule has 1 aromatic rings. The molecule has 37 heavy (non-hydrogen) atoms. The Morgan fingerprint density at radius 2 is 0.892 bits per heavy atom. The van der Waals surface area contributed by atoms with Gasteiger partial charge < -0.3 is 31.3 Å². The van der Waals surface area contributed by atoms with Gasteiger partial charge in [-0.2, -0.15) is 0 Å². The average Bonchev–Trinajstić information content (AvgIpc) is 2.89. The summed E-state index contributed by atoms with van der Waals surface area (Å²) in [5.74, 6) is 0. The molecule has 1 aromatic carbocycles. The first-order valence-corrected chi connectivity index (χ1v) is 17.8. The van der Waals surface area contributed by atoms with Gasteiger partial charge in [-0.25, -0.2) is 0 Å². The summed E-state index contributed by atoms with van der Waals surface area (Å²) in [7, 11) is -6.48. The molecule has 0 aromatic heterocycles. The SMILES string of the molecule is CCOC(c1ccccc1)N(C(CC)[Si](OCC)(OCC)OCC)C(CC)[Si](OCC)(OCC)OCC. The lowest BCUT2D eigenvalue weighted by atomic mass is 10.1. The Morgan fingerprint density at radius 3 is 1.16 bits per heavy atom. The van der Waals surface area contributed by atoms with Gasteiger partial charge in [-0.15, -0.1) is 0 Å². The molecular weight excluding hydrogens is 506 g/mol. The summed E-state index contributed by atoms with van der Waals surface area (Å²) in [5, 5.41) is 0. The van der Waals surface area contributed by atoms with Crippen LogP contribution in [0.15, 0.2) is 30.3 Å². The zero-order chi connectivity index (χ0) is 27.7. The quantitative estimate of drug-likeness (QED) is 0.131. The molecule has 0 saturated heterocycles. The summed E-state index contributed by atoms with van der Waals surface area (Å²) in [6.45, 7) is 21.7. The normalized spacial score (nSPS) is 15.2. The van der Waals surface area contributed by atoms with Crippen LogP contribution < -0.4 is 0 Å². The highest BCUT2D eigenvalue weighted by molar-refractivity contribution is 6.64. The molecule has 0 spiro atoms. The van der Waals surface area contributed by atoms with Crippen LogP contribution in [0.3, 0.4) is 0 Å². The summed E-state index contributed by atoms with van der Waals surface area (Å²) < 4.78 is 45.5. The maximum Gasteiger partial charge on any atom is 0.519 e. The molecule has 0 bridgehead atoms. The standard InChI is InChI=1S/C27H53NO7Si2/c1-10-25(36(30-13-4,31-14-5)32-15-6)28(27(29-12-3)24-22-20-19-21-23-24)26(11-2)37(33-16-7,34-17-8)35-18-9/h19-23,25-27H,10-18H2,1-9H3. The van der Waals surface area contributed by atoms with Crippen molar-refractivity contribution in [3.05, 3.63) is 35.9 Å². The average molecular weight is 560 g/mol. The number of nitrogens with zero attached hydrogens (tertiary/aromatic N) is 1. The third kappa shape index (κ3) is 8.92. The highest BCUT2D eigenvalue weighted by Crippen LogP contribution is 2.38. The Balaban J connectivity index is 4.01. The van der Waals surface area contributed by atoms with Gasteiger partial charge in [0.1, 0.15) is 6.23 Å². The van der Waals surface area contributed by atoms with Crippen LogP contribution in [0.4, 0.5) is 0 Å². The van der Waals surface area contributed by atoms with Gasteiger partial charge in [0.05, 0.1) is 11.3 Å². The lowest BCUT2D eigenvalue weighted by molar-refractivity contribution is -0.107. The maximum atomic E-state index is 6.55. The molecule has 1 rings (SSSR count). The van der Waals surface area contributed by atoms with Crippen LogP contribution in [-0.4, -0.2) is 80.1 Å². The fraction of sp³-hybridized carbons (Fsp3) is 0.778. The van der Waals surface area contributed by atoms with E-state index in [1.54, 1.807) is 0 Å². The molecule has 0 saturated carbocycles. The van der Waals surface area contributed by atoms with Crippen molar-refractivity contribution in [1.29, 1.82) is 0 Å². The molecule has 0 radical (unpaired) electrons. The van der Waals surface area contributed by atoms with E-state index < -0.39 is 23.8 Å². The van der Waals surface area contributed by atoms with E-state index in [4.69, 9.17) is 31.3 Å². The molecule has 8 nitrogen and oxygen atoms in total. The highest BCUT2D eigenvalue weighted by atomic mass is 28.4. The lowest BCUT2D eigenvalue weighted by Gasteiger charge is -2.50. The summed E-state index contributed by atoms with van der Waals surface area (Å²) in [5.41, 5.74) is 0.602. The molecule has 0 fully saturated rings. The van der Waals surface area contributed by atoms with Crippen molar-refractivity contribution in [2.45, 2.75) is 92.7 Å². The monoisotopic (exact) mass is 559 g/mol. The minimum absolute atomic E-state index is 0.220. The van der Waals surface area contributed by atoms with Crippen molar-refractivity contribution in [2.24, 2.45) is 0 Å². The van der Waals surface area contributed by atoms with Crippen molar-refractivity contribution in [3.8, 4) is 0 Å². The third-order valence-electron chi connectivity index (χ3n) is 6.06. The van der Waals surface area contributed by atoms with Crippen molar-refractivity contribution in [3.63, 3.8) is 0 Å². The van der Waals surface area contributed by atoms with Gasteiger partial charge in [0.15, 0.2) is 0 Å². The number of hydrogen-bond acceptors (Lipinski definition) is 8. The molecular formula is C27H53NO7Si2. The molecule has 0 amide bonds. The van der Waals surface area contributed by atoms with Crippen LogP contribution in [0.1, 0.15) is 86.9 Å². The smallest absolute Gasteiger partial charge is 0.373 e. The van der Waals surface area contributed by atoms with E-state index in [1.165, 1.54) is 0 Å². The second-order valence-corrected chi connectivity index (χ2v) is 13.8. The second kappa shape index (κ2) is 18.6. The Bertz CT molecular complexity index is 633. The van der Waals surface area contributed by atoms with Crippen molar-refractivity contribution < 1.29 is 31.3 Å². The Labute approximate surface area is 228 Å². The first-order chi connectivity index (χ1) is 17.9. The minimum atomic E-state index is -3.24. The van der Waals surface area contributed by atoms with E-state index >= 15 is 0 Å². The molecule has 10 heteroatoms.